The number of nitrogens with zero attached hydrogens (tertiary/aromatic N) is 1. The molecule has 2 aromatic rings. The zero-order valence-corrected chi connectivity index (χ0v) is 15.7. The number of methoxy groups -OCH3 is 3. The summed E-state index contributed by atoms with van der Waals surface area (Å²) in [6, 6.07) is 8.29. The fourth-order valence-corrected chi connectivity index (χ4v) is 3.22. The molecule has 0 saturated heterocycles. The lowest BCUT2D eigenvalue weighted by molar-refractivity contribution is -0.386. The largest absolute Gasteiger partial charge is 0.493 e. The maximum Gasteiger partial charge on any atom is 0.327 e. The van der Waals surface area contributed by atoms with Crippen molar-refractivity contribution in [2.45, 2.75) is 12.5 Å². The van der Waals surface area contributed by atoms with E-state index in [1.54, 1.807) is 0 Å². The van der Waals surface area contributed by atoms with Crippen LogP contribution in [0.5, 0.6) is 23.0 Å². The molecular weight excluding hydrogens is 368 g/mol. The van der Waals surface area contributed by atoms with Gasteiger partial charge in [0.05, 0.1) is 38.9 Å². The first-order valence-corrected chi connectivity index (χ1v) is 8.51. The summed E-state index contributed by atoms with van der Waals surface area (Å²) in [6.45, 7) is 0.430. The molecule has 0 bridgehead atoms. The maximum atomic E-state index is 13.0. The van der Waals surface area contributed by atoms with Crippen LogP contribution in [-0.4, -0.2) is 38.8 Å². The number of hydrogen-bond acceptors (Lipinski definition) is 7. The lowest BCUT2D eigenvalue weighted by Gasteiger charge is -2.26. The summed E-state index contributed by atoms with van der Waals surface area (Å²) in [6.07, 6.45) is 0.543. The monoisotopic (exact) mass is 388 g/mol. The van der Waals surface area contributed by atoms with E-state index in [1.165, 1.54) is 27.4 Å². The molecule has 1 amide bonds. The first-order chi connectivity index (χ1) is 13.5. The van der Waals surface area contributed by atoms with Gasteiger partial charge >= 0.3 is 5.69 Å². The van der Waals surface area contributed by atoms with Crippen molar-refractivity contribution < 1.29 is 28.7 Å². The number of fused-ring (bicyclic) bond motifs is 1. The smallest absolute Gasteiger partial charge is 0.327 e. The molecule has 1 N–H and O–H groups in total. The van der Waals surface area contributed by atoms with Gasteiger partial charge < -0.3 is 24.3 Å². The molecule has 3 rings (SSSR count). The lowest BCUT2D eigenvalue weighted by Crippen LogP contribution is -2.32. The van der Waals surface area contributed by atoms with E-state index in [2.05, 4.69) is 5.32 Å². The van der Waals surface area contributed by atoms with Crippen LogP contribution in [-0.2, 0) is 0 Å². The summed E-state index contributed by atoms with van der Waals surface area (Å²) >= 11 is 0. The number of nitro benzene ring substituents is 1. The Hall–Kier alpha value is -3.49. The second kappa shape index (κ2) is 8.03. The van der Waals surface area contributed by atoms with E-state index in [0.29, 0.717) is 18.8 Å². The maximum absolute atomic E-state index is 13.0. The molecule has 1 heterocycles. The van der Waals surface area contributed by atoms with E-state index in [1.807, 2.05) is 24.3 Å². The zero-order valence-electron chi connectivity index (χ0n) is 15.7. The highest BCUT2D eigenvalue weighted by molar-refractivity contribution is 6.01. The Balaban J connectivity index is 2.03. The SMILES string of the molecule is COc1cc(C(=O)NC2CCOc3ccccc32)c([N+](=O)[O-])c(OC)c1OC. The molecule has 1 aliphatic heterocycles. The molecule has 0 radical (unpaired) electrons. The number of para-hydroxylation sites is 1. The number of benzene rings is 2. The molecule has 0 aromatic heterocycles. The molecule has 1 aliphatic rings. The fraction of sp³-hybridized carbons (Fsp3) is 0.316. The molecule has 148 valence electrons. The Morgan fingerprint density at radius 2 is 1.89 bits per heavy atom. The van der Waals surface area contributed by atoms with Crippen LogP contribution >= 0.6 is 0 Å². The molecule has 1 unspecified atom stereocenters. The summed E-state index contributed by atoms with van der Waals surface area (Å²) in [4.78, 5) is 24.0. The Labute approximate surface area is 161 Å². The van der Waals surface area contributed by atoms with Gasteiger partial charge in [-0.25, -0.2) is 0 Å². The molecule has 0 fully saturated rings. The Morgan fingerprint density at radius 1 is 1.18 bits per heavy atom. The minimum Gasteiger partial charge on any atom is -0.493 e. The minimum atomic E-state index is -0.673. The third-order valence-corrected chi connectivity index (χ3v) is 4.49. The first kappa shape index (κ1) is 19.3. The first-order valence-electron chi connectivity index (χ1n) is 8.51. The van der Waals surface area contributed by atoms with E-state index < -0.39 is 16.5 Å². The lowest BCUT2D eigenvalue weighted by atomic mass is 10.00. The molecule has 9 heteroatoms. The standard InChI is InChI=1S/C19H20N2O7/c1-25-15-10-12(16(21(23)24)18(27-3)17(15)26-2)19(22)20-13-8-9-28-14-7-5-4-6-11(13)14/h4-7,10,13H,8-9H2,1-3H3,(H,20,22). The fourth-order valence-electron chi connectivity index (χ4n) is 3.22. The van der Waals surface area contributed by atoms with Crippen molar-refractivity contribution in [2.24, 2.45) is 0 Å². The Bertz CT molecular complexity index is 913. The van der Waals surface area contributed by atoms with E-state index in [0.717, 1.165) is 5.56 Å². The van der Waals surface area contributed by atoms with Gasteiger partial charge in [-0.05, 0) is 6.07 Å². The van der Waals surface area contributed by atoms with Crippen LogP contribution in [0.25, 0.3) is 0 Å². The van der Waals surface area contributed by atoms with Gasteiger partial charge in [-0.2, -0.15) is 0 Å². The van der Waals surface area contributed by atoms with Crippen LogP contribution < -0.4 is 24.3 Å². The van der Waals surface area contributed by atoms with Gasteiger partial charge in [0.2, 0.25) is 11.5 Å². The van der Waals surface area contributed by atoms with Crippen LogP contribution in [0.15, 0.2) is 30.3 Å². The molecular formula is C19H20N2O7. The van der Waals surface area contributed by atoms with Crippen LogP contribution in [0, 0.1) is 10.1 Å². The molecule has 0 aliphatic carbocycles. The van der Waals surface area contributed by atoms with Gasteiger partial charge in [0.1, 0.15) is 11.3 Å². The molecule has 1 atom stereocenters. The molecule has 28 heavy (non-hydrogen) atoms. The number of nitrogens with one attached hydrogen (secondary N) is 1. The Morgan fingerprint density at radius 3 is 2.54 bits per heavy atom. The summed E-state index contributed by atoms with van der Waals surface area (Å²) in [5.74, 6) is 0.0858. The second-order valence-corrected chi connectivity index (χ2v) is 6.00. The quantitative estimate of drug-likeness (QED) is 0.598. The van der Waals surface area contributed by atoms with Crippen LogP contribution in [0.3, 0.4) is 0 Å². The van der Waals surface area contributed by atoms with Crippen molar-refractivity contribution in [2.75, 3.05) is 27.9 Å². The average molecular weight is 388 g/mol. The number of nitro groups is 1. The highest BCUT2D eigenvalue weighted by Gasteiger charge is 2.34. The summed E-state index contributed by atoms with van der Waals surface area (Å²) < 4.78 is 21.2. The van der Waals surface area contributed by atoms with Gasteiger partial charge in [0, 0.05) is 18.1 Å². The minimum absolute atomic E-state index is 0.0460. The van der Waals surface area contributed by atoms with E-state index >= 15 is 0 Å². The zero-order chi connectivity index (χ0) is 20.3. The van der Waals surface area contributed by atoms with Crippen molar-refractivity contribution >= 4 is 11.6 Å². The number of amides is 1. The van der Waals surface area contributed by atoms with E-state index in [4.69, 9.17) is 18.9 Å². The average Bonchev–Trinajstić information content (AvgIpc) is 2.71. The van der Waals surface area contributed by atoms with Crippen LogP contribution in [0.1, 0.15) is 28.4 Å². The number of carbonyl (C=O) groups is 1. The van der Waals surface area contributed by atoms with Crippen molar-refractivity contribution in [3.8, 4) is 23.0 Å². The van der Waals surface area contributed by atoms with E-state index in [9.17, 15) is 14.9 Å². The molecule has 0 spiro atoms. The van der Waals surface area contributed by atoms with Gasteiger partial charge in [0.15, 0.2) is 5.75 Å². The number of ether oxygens (including phenoxy) is 4. The van der Waals surface area contributed by atoms with Gasteiger partial charge in [-0.3, -0.25) is 14.9 Å². The van der Waals surface area contributed by atoms with Crippen LogP contribution in [0.2, 0.25) is 0 Å². The molecule has 9 nitrogen and oxygen atoms in total. The van der Waals surface area contributed by atoms with Crippen molar-refractivity contribution in [3.05, 3.63) is 51.6 Å². The highest BCUT2D eigenvalue weighted by atomic mass is 16.6. The predicted molar refractivity (Wildman–Crippen MR) is 99.5 cm³/mol. The summed E-state index contributed by atoms with van der Waals surface area (Å²) in [7, 11) is 3.98. The van der Waals surface area contributed by atoms with Crippen molar-refractivity contribution in [3.63, 3.8) is 0 Å². The van der Waals surface area contributed by atoms with Crippen molar-refractivity contribution in [1.82, 2.24) is 5.32 Å². The van der Waals surface area contributed by atoms with E-state index in [-0.39, 0.29) is 28.9 Å². The summed E-state index contributed by atoms with van der Waals surface area (Å²) in [5, 5.41) is 14.5. The van der Waals surface area contributed by atoms with Gasteiger partial charge in [-0.15, -0.1) is 0 Å². The normalized spacial score (nSPS) is 15.0. The number of hydrogen-bond donors (Lipinski definition) is 1. The summed E-state index contributed by atoms with van der Waals surface area (Å²) in [5.41, 5.74) is 0.152. The third-order valence-electron chi connectivity index (χ3n) is 4.49. The molecule has 0 saturated carbocycles. The second-order valence-electron chi connectivity index (χ2n) is 6.00. The highest BCUT2D eigenvalue weighted by Crippen LogP contribution is 2.46. The van der Waals surface area contributed by atoms with Crippen LogP contribution in [0.4, 0.5) is 5.69 Å². The van der Waals surface area contributed by atoms with Gasteiger partial charge in [-0.1, -0.05) is 18.2 Å². The topological polar surface area (TPSA) is 109 Å². The molecule has 2 aromatic carbocycles. The Kier molecular flexibility index (Phi) is 5.53. The van der Waals surface area contributed by atoms with Gasteiger partial charge in [0.25, 0.3) is 5.91 Å². The third kappa shape index (κ3) is 3.38. The van der Waals surface area contributed by atoms with Crippen molar-refractivity contribution in [1.29, 1.82) is 0 Å². The number of rotatable bonds is 6. The number of carbonyl (C=O) groups excluding carboxylic acids is 1. The predicted octanol–water partition coefficient (Wildman–Crippen LogP) is 2.87.